The molecule has 110 valence electrons. The maximum absolute atomic E-state index is 12.3. The van der Waals surface area contributed by atoms with Crippen LogP contribution in [-0.4, -0.2) is 39.6 Å². The van der Waals surface area contributed by atoms with Gasteiger partial charge in [-0.05, 0) is 26.7 Å². The lowest BCUT2D eigenvalue weighted by molar-refractivity contribution is -0.134. The summed E-state index contributed by atoms with van der Waals surface area (Å²) in [5, 5.41) is 4.33. The zero-order chi connectivity index (χ0) is 14.9. The maximum atomic E-state index is 12.3. The van der Waals surface area contributed by atoms with Gasteiger partial charge >= 0.3 is 0 Å². The third kappa shape index (κ3) is 2.84. The number of aromatic nitrogens is 2. The molecule has 0 spiro atoms. The number of likely N-dealkylation sites (tertiary alicyclic amines) is 1. The van der Waals surface area contributed by atoms with E-state index in [1.165, 1.54) is 0 Å². The molecule has 0 saturated carbocycles. The fourth-order valence-corrected chi connectivity index (χ4v) is 2.75. The number of nitrogens with two attached hydrogens (primary N) is 1. The summed E-state index contributed by atoms with van der Waals surface area (Å²) in [5.41, 5.74) is 8.25. The van der Waals surface area contributed by atoms with Crippen LogP contribution in [0.3, 0.4) is 0 Å². The van der Waals surface area contributed by atoms with E-state index < -0.39 is 0 Å². The molecule has 0 aromatic carbocycles. The molecule has 0 bridgehead atoms. The van der Waals surface area contributed by atoms with Crippen LogP contribution in [0, 0.1) is 19.8 Å². The van der Waals surface area contributed by atoms with Gasteiger partial charge in [-0.2, -0.15) is 5.10 Å². The number of carbonyl (C=O) groups is 2. The summed E-state index contributed by atoms with van der Waals surface area (Å²) in [7, 11) is 1.88. The van der Waals surface area contributed by atoms with Crippen LogP contribution in [0.4, 0.5) is 0 Å². The molecule has 0 radical (unpaired) electrons. The Morgan fingerprint density at radius 1 is 1.30 bits per heavy atom. The van der Waals surface area contributed by atoms with E-state index in [-0.39, 0.29) is 17.7 Å². The molecule has 6 heteroatoms. The highest BCUT2D eigenvalue weighted by Gasteiger charge is 2.26. The van der Waals surface area contributed by atoms with E-state index >= 15 is 0 Å². The van der Waals surface area contributed by atoms with Crippen LogP contribution < -0.4 is 5.73 Å². The molecule has 6 nitrogen and oxygen atoms in total. The van der Waals surface area contributed by atoms with Gasteiger partial charge in [0.25, 0.3) is 0 Å². The highest BCUT2D eigenvalue weighted by atomic mass is 16.2. The minimum Gasteiger partial charge on any atom is -0.369 e. The van der Waals surface area contributed by atoms with Crippen LogP contribution >= 0.6 is 0 Å². The average molecular weight is 278 g/mol. The lowest BCUT2D eigenvalue weighted by Gasteiger charge is -2.30. The Morgan fingerprint density at radius 2 is 1.90 bits per heavy atom. The van der Waals surface area contributed by atoms with E-state index in [9.17, 15) is 9.59 Å². The SMILES string of the molecule is Cc1nn(C)c(C)c1CC(=O)N1CCC(C(N)=O)CC1. The standard InChI is InChI=1S/C14H22N4O2/c1-9-12(10(2)17(3)16-9)8-13(19)18-6-4-11(5-7-18)14(15)20/h11H,4-8H2,1-3H3,(H2,15,20). The van der Waals surface area contributed by atoms with Crippen molar-refractivity contribution in [2.24, 2.45) is 18.7 Å². The summed E-state index contributed by atoms with van der Waals surface area (Å²) < 4.78 is 1.80. The number of piperidine rings is 1. The molecule has 1 aliphatic heterocycles. The number of primary amides is 1. The van der Waals surface area contributed by atoms with Crippen LogP contribution in [0.2, 0.25) is 0 Å². The van der Waals surface area contributed by atoms with Gasteiger partial charge in [-0.3, -0.25) is 14.3 Å². The fraction of sp³-hybridized carbons (Fsp3) is 0.643. The first-order valence-corrected chi connectivity index (χ1v) is 6.96. The second-order valence-corrected chi connectivity index (χ2v) is 5.51. The van der Waals surface area contributed by atoms with Crippen molar-refractivity contribution in [2.45, 2.75) is 33.1 Å². The van der Waals surface area contributed by atoms with E-state index in [2.05, 4.69) is 5.10 Å². The summed E-state index contributed by atoms with van der Waals surface area (Å²) in [6.45, 7) is 5.13. The van der Waals surface area contributed by atoms with Crippen molar-refractivity contribution < 1.29 is 9.59 Å². The van der Waals surface area contributed by atoms with Gasteiger partial charge in [0.2, 0.25) is 11.8 Å². The number of nitrogens with zero attached hydrogens (tertiary/aromatic N) is 3. The van der Waals surface area contributed by atoms with Gasteiger partial charge in [0.1, 0.15) is 0 Å². The fourth-order valence-electron chi connectivity index (χ4n) is 2.75. The molecule has 1 aromatic rings. The Hall–Kier alpha value is -1.85. The molecule has 2 N–H and O–H groups in total. The van der Waals surface area contributed by atoms with E-state index in [1.807, 2.05) is 25.8 Å². The zero-order valence-corrected chi connectivity index (χ0v) is 12.3. The summed E-state index contributed by atoms with van der Waals surface area (Å²) in [6.07, 6.45) is 1.73. The monoisotopic (exact) mass is 278 g/mol. The van der Waals surface area contributed by atoms with E-state index in [0.29, 0.717) is 32.4 Å². The van der Waals surface area contributed by atoms with Crippen LogP contribution in [0.1, 0.15) is 29.8 Å². The molecule has 1 aromatic heterocycles. The molecule has 2 heterocycles. The van der Waals surface area contributed by atoms with Crippen molar-refractivity contribution in [3.63, 3.8) is 0 Å². The summed E-state index contributed by atoms with van der Waals surface area (Å²) in [5.74, 6) is -0.232. The van der Waals surface area contributed by atoms with Gasteiger partial charge in [-0.1, -0.05) is 0 Å². The maximum Gasteiger partial charge on any atom is 0.227 e. The van der Waals surface area contributed by atoms with Crippen LogP contribution in [0.15, 0.2) is 0 Å². The normalized spacial score (nSPS) is 16.4. The quantitative estimate of drug-likeness (QED) is 0.863. The van der Waals surface area contributed by atoms with Gasteiger partial charge in [-0.25, -0.2) is 0 Å². The largest absolute Gasteiger partial charge is 0.369 e. The summed E-state index contributed by atoms with van der Waals surface area (Å²) in [6, 6.07) is 0. The van der Waals surface area contributed by atoms with Crippen molar-refractivity contribution in [3.8, 4) is 0 Å². The Balaban J connectivity index is 1.98. The predicted octanol–water partition coefficient (Wildman–Crippen LogP) is 0.303. The Kier molecular flexibility index (Phi) is 4.11. The van der Waals surface area contributed by atoms with Crippen molar-refractivity contribution in [1.29, 1.82) is 0 Å². The predicted molar refractivity (Wildman–Crippen MR) is 74.9 cm³/mol. The first-order valence-electron chi connectivity index (χ1n) is 6.96. The highest BCUT2D eigenvalue weighted by Crippen LogP contribution is 2.19. The molecule has 1 fully saturated rings. The smallest absolute Gasteiger partial charge is 0.227 e. The second kappa shape index (κ2) is 5.64. The molecule has 20 heavy (non-hydrogen) atoms. The minimum atomic E-state index is -0.254. The van der Waals surface area contributed by atoms with Crippen molar-refractivity contribution in [2.75, 3.05) is 13.1 Å². The van der Waals surface area contributed by atoms with Gasteiger partial charge in [-0.15, -0.1) is 0 Å². The van der Waals surface area contributed by atoms with Crippen LogP contribution in [0.25, 0.3) is 0 Å². The molecule has 0 aliphatic carbocycles. The molecular weight excluding hydrogens is 256 g/mol. The third-order valence-electron chi connectivity index (χ3n) is 4.24. The lowest BCUT2D eigenvalue weighted by atomic mass is 9.96. The van der Waals surface area contributed by atoms with Crippen molar-refractivity contribution in [1.82, 2.24) is 14.7 Å². The van der Waals surface area contributed by atoms with Gasteiger partial charge < -0.3 is 10.6 Å². The number of hydrogen-bond acceptors (Lipinski definition) is 3. The van der Waals surface area contributed by atoms with Gasteiger partial charge in [0.15, 0.2) is 0 Å². The van der Waals surface area contributed by atoms with E-state index in [0.717, 1.165) is 17.0 Å². The zero-order valence-electron chi connectivity index (χ0n) is 12.3. The summed E-state index contributed by atoms with van der Waals surface area (Å²) in [4.78, 5) is 25.3. The Labute approximate surface area is 118 Å². The number of hydrogen-bond donors (Lipinski definition) is 1. The minimum absolute atomic E-state index is 0.0825. The molecule has 0 unspecified atom stereocenters. The molecular formula is C14H22N4O2. The molecule has 1 aliphatic rings. The van der Waals surface area contributed by atoms with Crippen LogP contribution in [-0.2, 0) is 23.1 Å². The second-order valence-electron chi connectivity index (χ2n) is 5.51. The van der Waals surface area contributed by atoms with Crippen molar-refractivity contribution >= 4 is 11.8 Å². The lowest BCUT2D eigenvalue weighted by Crippen LogP contribution is -2.42. The van der Waals surface area contributed by atoms with Gasteiger partial charge in [0, 0.05) is 37.3 Å². The Bertz CT molecular complexity index is 528. The highest BCUT2D eigenvalue weighted by molar-refractivity contribution is 5.80. The molecule has 2 amide bonds. The van der Waals surface area contributed by atoms with E-state index in [1.54, 1.807) is 4.68 Å². The van der Waals surface area contributed by atoms with Gasteiger partial charge in [0.05, 0.1) is 12.1 Å². The number of aryl methyl sites for hydroxylation is 2. The Morgan fingerprint density at radius 3 is 2.35 bits per heavy atom. The molecule has 2 rings (SSSR count). The van der Waals surface area contributed by atoms with Crippen LogP contribution in [0.5, 0.6) is 0 Å². The first-order chi connectivity index (χ1) is 9.40. The third-order valence-corrected chi connectivity index (χ3v) is 4.24. The number of amides is 2. The molecule has 1 saturated heterocycles. The van der Waals surface area contributed by atoms with E-state index in [4.69, 9.17) is 5.73 Å². The first kappa shape index (κ1) is 14.6. The summed E-state index contributed by atoms with van der Waals surface area (Å²) >= 11 is 0. The topological polar surface area (TPSA) is 81.2 Å². The molecule has 0 atom stereocenters. The number of rotatable bonds is 3. The number of carbonyl (C=O) groups excluding carboxylic acids is 2. The van der Waals surface area contributed by atoms with Crippen molar-refractivity contribution in [3.05, 3.63) is 17.0 Å². The average Bonchev–Trinajstić information content (AvgIpc) is 2.65.